The Labute approximate surface area is 212 Å². The van der Waals surface area contributed by atoms with Gasteiger partial charge in [0.05, 0.1) is 12.6 Å². The molecule has 0 bridgehead atoms. The maximum absolute atomic E-state index is 13.5. The first-order valence-corrected chi connectivity index (χ1v) is 12.8. The van der Waals surface area contributed by atoms with Gasteiger partial charge in [0.25, 0.3) is 0 Å². The normalized spacial score (nSPS) is 17.9. The summed E-state index contributed by atoms with van der Waals surface area (Å²) in [7, 11) is 0. The highest BCUT2D eigenvalue weighted by Crippen LogP contribution is 2.34. The van der Waals surface area contributed by atoms with Gasteiger partial charge in [0.2, 0.25) is 5.91 Å². The van der Waals surface area contributed by atoms with Gasteiger partial charge in [-0.3, -0.25) is 9.59 Å². The largest absolute Gasteiger partial charge is 0.486 e. The van der Waals surface area contributed by atoms with Gasteiger partial charge in [0.1, 0.15) is 25.2 Å². The van der Waals surface area contributed by atoms with Crippen LogP contribution in [0.25, 0.3) is 0 Å². The van der Waals surface area contributed by atoms with Crippen LogP contribution in [0.4, 0.5) is 0 Å². The molecular weight excluding hydrogens is 460 g/mol. The predicted molar refractivity (Wildman–Crippen MR) is 135 cm³/mol. The number of amides is 1. The standard InChI is InChI=1S/C28H36N2O6/c1-2-7-22(27(33)21-9-4-3-8-20(21)18-31)28(34)29-23(17-30-12-5-6-13-30)26(32)19-10-11-24-25(16-19)36-15-14-35-24/h3-4,8-11,16,22-23,26,31-32H,2,5-7,12-15,17-18H2,1H3,(H,29,34). The van der Waals surface area contributed by atoms with Crippen molar-refractivity contribution in [3.05, 3.63) is 59.2 Å². The number of aliphatic hydroxyl groups is 2. The first-order chi connectivity index (χ1) is 17.5. The third-order valence-electron chi connectivity index (χ3n) is 6.93. The first-order valence-electron chi connectivity index (χ1n) is 12.8. The number of likely N-dealkylation sites (tertiary alicyclic amines) is 1. The Balaban J connectivity index is 1.56. The lowest BCUT2D eigenvalue weighted by Gasteiger charge is -2.30. The molecule has 4 rings (SSSR count). The average Bonchev–Trinajstić information content (AvgIpc) is 3.43. The van der Waals surface area contributed by atoms with Crippen molar-refractivity contribution < 1.29 is 29.3 Å². The maximum Gasteiger partial charge on any atom is 0.231 e. The lowest BCUT2D eigenvalue weighted by Crippen LogP contribution is -2.49. The van der Waals surface area contributed by atoms with E-state index in [0.717, 1.165) is 25.9 Å². The molecule has 8 heteroatoms. The highest BCUT2D eigenvalue weighted by molar-refractivity contribution is 6.10. The van der Waals surface area contributed by atoms with Crippen LogP contribution in [0.1, 0.15) is 60.2 Å². The molecule has 1 fully saturated rings. The Morgan fingerprint density at radius 1 is 1.06 bits per heavy atom. The summed E-state index contributed by atoms with van der Waals surface area (Å²) >= 11 is 0. The monoisotopic (exact) mass is 496 g/mol. The fourth-order valence-corrected chi connectivity index (χ4v) is 4.98. The predicted octanol–water partition coefficient (Wildman–Crippen LogP) is 2.86. The van der Waals surface area contributed by atoms with Gasteiger partial charge in [0.15, 0.2) is 17.3 Å². The summed E-state index contributed by atoms with van der Waals surface area (Å²) in [6.07, 6.45) is 2.19. The van der Waals surface area contributed by atoms with Gasteiger partial charge >= 0.3 is 0 Å². The van der Waals surface area contributed by atoms with E-state index in [0.29, 0.717) is 60.8 Å². The van der Waals surface area contributed by atoms with Crippen LogP contribution in [-0.2, 0) is 11.4 Å². The molecule has 2 aliphatic heterocycles. The maximum atomic E-state index is 13.5. The van der Waals surface area contributed by atoms with Crippen LogP contribution >= 0.6 is 0 Å². The van der Waals surface area contributed by atoms with E-state index < -0.39 is 24.0 Å². The minimum Gasteiger partial charge on any atom is -0.486 e. The molecule has 0 spiro atoms. The van der Waals surface area contributed by atoms with Gasteiger partial charge in [-0.25, -0.2) is 0 Å². The zero-order valence-corrected chi connectivity index (χ0v) is 20.8. The van der Waals surface area contributed by atoms with Crippen molar-refractivity contribution >= 4 is 11.7 Å². The second-order valence-corrected chi connectivity index (χ2v) is 9.49. The molecule has 3 unspecified atom stereocenters. The molecular formula is C28H36N2O6. The molecule has 2 aromatic rings. The number of hydrogen-bond acceptors (Lipinski definition) is 7. The zero-order valence-electron chi connectivity index (χ0n) is 20.8. The number of fused-ring (bicyclic) bond motifs is 1. The van der Waals surface area contributed by atoms with Crippen LogP contribution in [0.3, 0.4) is 0 Å². The number of Topliss-reactive ketones (excluding diaryl/α,β-unsaturated/α-hetero) is 1. The van der Waals surface area contributed by atoms with E-state index in [1.165, 1.54) is 0 Å². The van der Waals surface area contributed by atoms with E-state index in [9.17, 15) is 19.8 Å². The molecule has 2 heterocycles. The van der Waals surface area contributed by atoms with E-state index in [1.807, 2.05) is 6.92 Å². The molecule has 0 aliphatic carbocycles. The van der Waals surface area contributed by atoms with Crippen molar-refractivity contribution in [1.82, 2.24) is 10.2 Å². The number of benzene rings is 2. The molecule has 0 aromatic heterocycles. The number of nitrogens with zero attached hydrogens (tertiary/aromatic N) is 1. The van der Waals surface area contributed by atoms with Crippen molar-refractivity contribution in [3.8, 4) is 11.5 Å². The number of aliphatic hydroxyl groups excluding tert-OH is 2. The molecule has 194 valence electrons. The number of ketones is 1. The summed E-state index contributed by atoms with van der Waals surface area (Å²) in [6.45, 7) is 4.86. The highest BCUT2D eigenvalue weighted by Gasteiger charge is 2.33. The van der Waals surface area contributed by atoms with Gasteiger partial charge in [-0.1, -0.05) is 43.7 Å². The summed E-state index contributed by atoms with van der Waals surface area (Å²) in [5, 5.41) is 24.1. The number of carbonyl (C=O) groups excluding carboxylic acids is 2. The lowest BCUT2D eigenvalue weighted by molar-refractivity contribution is -0.125. The molecule has 36 heavy (non-hydrogen) atoms. The first kappa shape index (κ1) is 26.1. The number of rotatable bonds is 11. The van der Waals surface area contributed by atoms with Crippen molar-refractivity contribution in [2.75, 3.05) is 32.8 Å². The smallest absolute Gasteiger partial charge is 0.231 e. The zero-order chi connectivity index (χ0) is 25.5. The van der Waals surface area contributed by atoms with Gasteiger partial charge in [-0.05, 0) is 55.6 Å². The quantitative estimate of drug-likeness (QED) is 0.324. The second kappa shape index (κ2) is 12.3. The molecule has 8 nitrogen and oxygen atoms in total. The van der Waals surface area contributed by atoms with Gasteiger partial charge in [-0.15, -0.1) is 0 Å². The van der Waals surface area contributed by atoms with Crippen LogP contribution in [0, 0.1) is 5.92 Å². The third kappa shape index (κ3) is 6.06. The number of carbonyl (C=O) groups is 2. The Bertz CT molecular complexity index is 1050. The summed E-state index contributed by atoms with van der Waals surface area (Å²) in [6, 6.07) is 11.5. The Hall–Kier alpha value is -2.94. The molecule has 3 N–H and O–H groups in total. The van der Waals surface area contributed by atoms with Crippen molar-refractivity contribution in [3.63, 3.8) is 0 Å². The molecule has 2 aliphatic rings. The Kier molecular flexibility index (Phi) is 8.96. The van der Waals surface area contributed by atoms with Crippen LogP contribution in [-0.4, -0.2) is 65.7 Å². The Morgan fingerprint density at radius 2 is 1.78 bits per heavy atom. The molecule has 2 aromatic carbocycles. The van der Waals surface area contributed by atoms with E-state index in [4.69, 9.17) is 9.47 Å². The van der Waals surface area contributed by atoms with E-state index in [1.54, 1.807) is 42.5 Å². The second-order valence-electron chi connectivity index (χ2n) is 9.49. The summed E-state index contributed by atoms with van der Waals surface area (Å²) in [5.74, 6) is -0.420. The van der Waals surface area contributed by atoms with E-state index >= 15 is 0 Å². The number of hydrogen-bond donors (Lipinski definition) is 3. The van der Waals surface area contributed by atoms with Gasteiger partial charge in [-0.2, -0.15) is 0 Å². The molecule has 0 saturated carbocycles. The van der Waals surface area contributed by atoms with E-state index in [-0.39, 0.29) is 12.4 Å². The average molecular weight is 497 g/mol. The van der Waals surface area contributed by atoms with Gasteiger partial charge in [0, 0.05) is 12.1 Å². The minimum absolute atomic E-state index is 0.275. The molecule has 1 saturated heterocycles. The van der Waals surface area contributed by atoms with Gasteiger partial charge < -0.3 is 29.9 Å². The van der Waals surface area contributed by atoms with Crippen LogP contribution in [0.5, 0.6) is 11.5 Å². The summed E-state index contributed by atoms with van der Waals surface area (Å²) in [5.41, 5.74) is 1.48. The highest BCUT2D eigenvalue weighted by atomic mass is 16.6. The SMILES string of the molecule is CCCC(C(=O)NC(CN1CCCC1)C(O)c1ccc2c(c1)OCCO2)C(=O)c1ccccc1CO. The Morgan fingerprint density at radius 3 is 2.50 bits per heavy atom. The topological polar surface area (TPSA) is 108 Å². The third-order valence-corrected chi connectivity index (χ3v) is 6.93. The number of ether oxygens (including phenoxy) is 2. The van der Waals surface area contributed by atoms with Crippen molar-refractivity contribution in [1.29, 1.82) is 0 Å². The number of nitrogens with one attached hydrogen (secondary N) is 1. The molecule has 0 radical (unpaired) electrons. The lowest BCUT2D eigenvalue weighted by atomic mass is 9.89. The summed E-state index contributed by atoms with van der Waals surface area (Å²) in [4.78, 5) is 29.2. The fraction of sp³-hybridized carbons (Fsp3) is 0.500. The van der Waals surface area contributed by atoms with Crippen molar-refractivity contribution in [2.24, 2.45) is 5.92 Å². The fourth-order valence-electron chi connectivity index (χ4n) is 4.98. The summed E-state index contributed by atoms with van der Waals surface area (Å²) < 4.78 is 11.3. The van der Waals surface area contributed by atoms with Crippen LogP contribution in [0.2, 0.25) is 0 Å². The molecule has 3 atom stereocenters. The van der Waals surface area contributed by atoms with Crippen molar-refractivity contribution in [2.45, 2.75) is 51.4 Å². The van der Waals surface area contributed by atoms with E-state index in [2.05, 4.69) is 10.2 Å². The minimum atomic E-state index is -0.993. The van der Waals surface area contributed by atoms with Crippen LogP contribution in [0.15, 0.2) is 42.5 Å². The van der Waals surface area contributed by atoms with Crippen LogP contribution < -0.4 is 14.8 Å². The molecule has 1 amide bonds.